The second-order valence-corrected chi connectivity index (χ2v) is 2.42. The molecule has 0 amide bonds. The maximum atomic E-state index is 12.7. The Morgan fingerprint density at radius 2 is 2.17 bits per heavy atom. The summed E-state index contributed by atoms with van der Waals surface area (Å²) in [5, 5.41) is 15.7. The monoisotopic (exact) mass is 168 g/mol. The van der Waals surface area contributed by atoms with Crippen LogP contribution in [0.15, 0.2) is 18.2 Å². The molecule has 0 bridgehead atoms. The SMILES string of the molecule is N=C(N)c1cc(F)cc(CO)c1. The van der Waals surface area contributed by atoms with E-state index in [1.807, 2.05) is 0 Å². The van der Waals surface area contributed by atoms with E-state index in [9.17, 15) is 4.39 Å². The van der Waals surface area contributed by atoms with Crippen molar-refractivity contribution in [1.82, 2.24) is 0 Å². The number of nitrogen functional groups attached to an aromatic ring is 1. The van der Waals surface area contributed by atoms with Gasteiger partial charge in [0.2, 0.25) is 0 Å². The average Bonchev–Trinajstić information content (AvgIpc) is 2.03. The third-order valence-electron chi connectivity index (χ3n) is 1.45. The van der Waals surface area contributed by atoms with E-state index in [4.69, 9.17) is 16.2 Å². The molecule has 64 valence electrons. The standard InChI is InChI=1S/C8H9FN2O/c9-7-2-5(4-12)1-6(3-7)8(10)11/h1-3,12H,4H2,(H3,10,11). The number of hydrogen-bond donors (Lipinski definition) is 3. The van der Waals surface area contributed by atoms with Gasteiger partial charge in [0, 0.05) is 5.56 Å². The van der Waals surface area contributed by atoms with Gasteiger partial charge in [-0.05, 0) is 23.8 Å². The minimum absolute atomic E-state index is 0.204. The topological polar surface area (TPSA) is 70.1 Å². The Morgan fingerprint density at radius 1 is 1.50 bits per heavy atom. The third kappa shape index (κ3) is 1.79. The summed E-state index contributed by atoms with van der Waals surface area (Å²) >= 11 is 0. The van der Waals surface area contributed by atoms with E-state index < -0.39 is 5.82 Å². The molecule has 4 N–H and O–H groups in total. The van der Waals surface area contributed by atoms with Gasteiger partial charge < -0.3 is 10.8 Å². The number of halogens is 1. The van der Waals surface area contributed by atoms with Crippen LogP contribution in [0.3, 0.4) is 0 Å². The number of benzene rings is 1. The van der Waals surface area contributed by atoms with Gasteiger partial charge in [0.25, 0.3) is 0 Å². The zero-order valence-corrected chi connectivity index (χ0v) is 6.34. The van der Waals surface area contributed by atoms with Crippen LogP contribution in [-0.4, -0.2) is 10.9 Å². The molecule has 0 aliphatic carbocycles. The van der Waals surface area contributed by atoms with Gasteiger partial charge in [-0.15, -0.1) is 0 Å². The quantitative estimate of drug-likeness (QED) is 0.447. The van der Waals surface area contributed by atoms with Crippen LogP contribution in [0.25, 0.3) is 0 Å². The first kappa shape index (κ1) is 8.67. The molecule has 1 aromatic carbocycles. The lowest BCUT2D eigenvalue weighted by molar-refractivity contribution is 0.281. The van der Waals surface area contributed by atoms with Crippen molar-refractivity contribution in [3.05, 3.63) is 35.1 Å². The summed E-state index contributed by atoms with van der Waals surface area (Å²) in [7, 11) is 0. The van der Waals surface area contributed by atoms with Crippen LogP contribution in [0.1, 0.15) is 11.1 Å². The first-order valence-electron chi connectivity index (χ1n) is 3.38. The van der Waals surface area contributed by atoms with Crippen LogP contribution < -0.4 is 5.73 Å². The zero-order chi connectivity index (χ0) is 9.14. The third-order valence-corrected chi connectivity index (χ3v) is 1.45. The Morgan fingerprint density at radius 3 is 2.67 bits per heavy atom. The van der Waals surface area contributed by atoms with Gasteiger partial charge in [0.15, 0.2) is 0 Å². The Labute approximate surface area is 69.1 Å². The van der Waals surface area contributed by atoms with Gasteiger partial charge in [-0.2, -0.15) is 0 Å². The van der Waals surface area contributed by atoms with Crippen LogP contribution >= 0.6 is 0 Å². The maximum absolute atomic E-state index is 12.7. The molecule has 12 heavy (non-hydrogen) atoms. The maximum Gasteiger partial charge on any atom is 0.124 e. The molecular formula is C8H9FN2O. The van der Waals surface area contributed by atoms with Crippen LogP contribution in [0.5, 0.6) is 0 Å². The summed E-state index contributed by atoms with van der Waals surface area (Å²) in [6.07, 6.45) is 0. The molecule has 0 spiro atoms. The Kier molecular flexibility index (Phi) is 2.40. The summed E-state index contributed by atoms with van der Waals surface area (Å²) in [5.74, 6) is -0.698. The number of nitrogens with one attached hydrogen (secondary N) is 1. The van der Waals surface area contributed by atoms with E-state index in [0.29, 0.717) is 11.1 Å². The average molecular weight is 168 g/mol. The smallest absolute Gasteiger partial charge is 0.124 e. The van der Waals surface area contributed by atoms with Gasteiger partial charge in [-0.25, -0.2) is 4.39 Å². The van der Waals surface area contributed by atoms with Gasteiger partial charge in [0.05, 0.1) is 6.61 Å². The molecule has 0 heterocycles. The van der Waals surface area contributed by atoms with E-state index in [2.05, 4.69) is 0 Å². The minimum Gasteiger partial charge on any atom is -0.392 e. The molecule has 0 aromatic heterocycles. The largest absolute Gasteiger partial charge is 0.392 e. The lowest BCUT2D eigenvalue weighted by Crippen LogP contribution is -2.11. The van der Waals surface area contributed by atoms with Crippen LogP contribution in [0, 0.1) is 11.2 Å². The molecule has 0 aliphatic heterocycles. The van der Waals surface area contributed by atoms with Crippen molar-refractivity contribution in [1.29, 1.82) is 5.41 Å². The normalized spacial score (nSPS) is 9.83. The lowest BCUT2D eigenvalue weighted by Gasteiger charge is -2.01. The molecule has 0 unspecified atom stereocenters. The van der Waals surface area contributed by atoms with E-state index in [-0.39, 0.29) is 12.4 Å². The second kappa shape index (κ2) is 3.32. The number of hydrogen-bond acceptors (Lipinski definition) is 2. The molecule has 0 atom stereocenters. The fourth-order valence-corrected chi connectivity index (χ4v) is 0.897. The summed E-state index contributed by atoms with van der Waals surface area (Å²) in [5.41, 5.74) is 5.85. The van der Waals surface area contributed by atoms with E-state index >= 15 is 0 Å². The van der Waals surface area contributed by atoms with E-state index in [1.54, 1.807) is 0 Å². The van der Waals surface area contributed by atoms with Crippen molar-refractivity contribution >= 4 is 5.84 Å². The predicted molar refractivity (Wildman–Crippen MR) is 43.3 cm³/mol. The van der Waals surface area contributed by atoms with Crippen molar-refractivity contribution in [3.8, 4) is 0 Å². The van der Waals surface area contributed by atoms with Gasteiger partial charge >= 0.3 is 0 Å². The van der Waals surface area contributed by atoms with Crippen molar-refractivity contribution < 1.29 is 9.50 Å². The first-order chi connectivity index (χ1) is 5.63. The van der Waals surface area contributed by atoms with Crippen molar-refractivity contribution in [2.45, 2.75) is 6.61 Å². The van der Waals surface area contributed by atoms with Gasteiger partial charge in [-0.3, -0.25) is 5.41 Å². The molecule has 0 saturated heterocycles. The fourth-order valence-electron chi connectivity index (χ4n) is 0.897. The predicted octanol–water partition coefficient (Wildman–Crippen LogP) is 0.602. The Balaban J connectivity index is 3.15. The molecule has 3 nitrogen and oxygen atoms in total. The second-order valence-electron chi connectivity index (χ2n) is 2.42. The van der Waals surface area contributed by atoms with E-state index in [0.717, 1.165) is 6.07 Å². The summed E-state index contributed by atoms with van der Waals surface area (Å²) < 4.78 is 12.7. The molecular weight excluding hydrogens is 159 g/mol. The Bertz CT molecular complexity index is 312. The van der Waals surface area contributed by atoms with Crippen LogP contribution in [0.2, 0.25) is 0 Å². The number of rotatable bonds is 2. The molecule has 0 fully saturated rings. The highest BCUT2D eigenvalue weighted by atomic mass is 19.1. The molecule has 1 aromatic rings. The summed E-state index contributed by atoms with van der Waals surface area (Å²) in [6, 6.07) is 3.83. The molecule has 0 radical (unpaired) electrons. The molecule has 4 heteroatoms. The van der Waals surface area contributed by atoms with E-state index in [1.165, 1.54) is 12.1 Å². The number of aliphatic hydroxyl groups is 1. The lowest BCUT2D eigenvalue weighted by atomic mass is 10.1. The van der Waals surface area contributed by atoms with Crippen LogP contribution in [-0.2, 0) is 6.61 Å². The fraction of sp³-hybridized carbons (Fsp3) is 0.125. The highest BCUT2D eigenvalue weighted by Gasteiger charge is 2.01. The molecule has 0 aliphatic rings. The number of amidine groups is 1. The van der Waals surface area contributed by atoms with Crippen molar-refractivity contribution in [2.24, 2.45) is 5.73 Å². The number of nitrogens with two attached hydrogens (primary N) is 1. The first-order valence-corrected chi connectivity index (χ1v) is 3.38. The van der Waals surface area contributed by atoms with Crippen molar-refractivity contribution in [2.75, 3.05) is 0 Å². The van der Waals surface area contributed by atoms with Crippen molar-refractivity contribution in [3.63, 3.8) is 0 Å². The highest BCUT2D eigenvalue weighted by Crippen LogP contribution is 2.08. The zero-order valence-electron chi connectivity index (χ0n) is 6.34. The number of aliphatic hydroxyl groups excluding tert-OH is 1. The van der Waals surface area contributed by atoms with Gasteiger partial charge in [-0.1, -0.05) is 0 Å². The molecule has 1 rings (SSSR count). The summed E-state index contributed by atoms with van der Waals surface area (Å²) in [4.78, 5) is 0. The minimum atomic E-state index is -0.494. The van der Waals surface area contributed by atoms with Crippen LogP contribution in [0.4, 0.5) is 4.39 Å². The highest BCUT2D eigenvalue weighted by molar-refractivity contribution is 5.95. The Hall–Kier alpha value is -1.42. The molecule has 0 saturated carbocycles. The summed E-state index contributed by atoms with van der Waals surface area (Å²) in [6.45, 7) is -0.252. The van der Waals surface area contributed by atoms with Gasteiger partial charge in [0.1, 0.15) is 11.7 Å².